The minimum atomic E-state index is -0.820. The second kappa shape index (κ2) is 10.2. The lowest BCUT2D eigenvalue weighted by atomic mass is 10.1. The van der Waals surface area contributed by atoms with Crippen LogP contribution in [-0.4, -0.2) is 56.1 Å². The number of rotatable bonds is 8. The highest BCUT2D eigenvalue weighted by molar-refractivity contribution is 6.05. The summed E-state index contributed by atoms with van der Waals surface area (Å²) in [6.07, 6.45) is 1.82. The molecule has 2 aliphatic heterocycles. The van der Waals surface area contributed by atoms with Crippen molar-refractivity contribution in [1.29, 1.82) is 0 Å². The first-order chi connectivity index (χ1) is 16.3. The topological polar surface area (TPSA) is 94.2 Å². The molecule has 1 fully saturated rings. The van der Waals surface area contributed by atoms with Crippen LogP contribution in [0, 0.1) is 12.7 Å². The number of carbonyl (C=O) groups is 3. The maximum absolute atomic E-state index is 13.9. The number of amides is 2. The molecule has 2 aromatic rings. The van der Waals surface area contributed by atoms with Crippen molar-refractivity contribution in [2.45, 2.75) is 38.8 Å². The molecule has 0 radical (unpaired) electrons. The number of nitrogens with one attached hydrogen (secondary N) is 1. The molecule has 2 amide bonds. The molecule has 0 saturated carbocycles. The van der Waals surface area contributed by atoms with Crippen LogP contribution in [0.3, 0.4) is 0 Å². The van der Waals surface area contributed by atoms with Crippen LogP contribution in [0.15, 0.2) is 36.4 Å². The van der Waals surface area contributed by atoms with Crippen molar-refractivity contribution in [3.05, 3.63) is 53.3 Å². The van der Waals surface area contributed by atoms with Gasteiger partial charge in [0, 0.05) is 18.7 Å². The lowest BCUT2D eigenvalue weighted by Crippen LogP contribution is -2.52. The number of nitrogens with zero attached hydrogens (tertiary/aromatic N) is 1. The Labute approximate surface area is 197 Å². The molecule has 1 saturated heterocycles. The van der Waals surface area contributed by atoms with E-state index in [0.717, 1.165) is 18.4 Å². The predicted octanol–water partition coefficient (Wildman–Crippen LogP) is 2.80. The summed E-state index contributed by atoms with van der Waals surface area (Å²) < 4.78 is 30.3. The normalized spacial score (nSPS) is 18.1. The molecule has 2 atom stereocenters. The maximum Gasteiger partial charge on any atom is 0.265 e. The van der Waals surface area contributed by atoms with Gasteiger partial charge in [-0.15, -0.1) is 0 Å². The molecule has 2 aromatic carbocycles. The van der Waals surface area contributed by atoms with E-state index in [4.69, 9.17) is 14.2 Å². The molecule has 4 rings (SSSR count). The SMILES string of the molecule is Cc1ccc(F)c(OCC(=O)c2ccc3c(c2)N([C@@H](C)C(=O)NC[C@@H]2CCCO2)C(=O)CO3)c1. The Balaban J connectivity index is 1.48. The van der Waals surface area contributed by atoms with Crippen LogP contribution in [0.4, 0.5) is 10.1 Å². The van der Waals surface area contributed by atoms with Crippen LogP contribution in [0.5, 0.6) is 11.5 Å². The molecule has 0 aromatic heterocycles. The summed E-state index contributed by atoms with van der Waals surface area (Å²) in [6.45, 7) is 3.88. The van der Waals surface area contributed by atoms with Gasteiger partial charge in [0.2, 0.25) is 5.91 Å². The average Bonchev–Trinajstić information content (AvgIpc) is 3.35. The minimum Gasteiger partial charge on any atom is -0.482 e. The van der Waals surface area contributed by atoms with Crippen molar-refractivity contribution in [3.8, 4) is 11.5 Å². The third-order valence-corrected chi connectivity index (χ3v) is 5.90. The number of benzene rings is 2. The fraction of sp³-hybridized carbons (Fsp3) is 0.400. The first-order valence-corrected chi connectivity index (χ1v) is 11.2. The van der Waals surface area contributed by atoms with E-state index in [-0.39, 0.29) is 36.5 Å². The first-order valence-electron chi connectivity index (χ1n) is 11.2. The van der Waals surface area contributed by atoms with Crippen LogP contribution in [-0.2, 0) is 14.3 Å². The van der Waals surface area contributed by atoms with Crippen LogP contribution < -0.4 is 19.7 Å². The fourth-order valence-corrected chi connectivity index (χ4v) is 4.00. The Morgan fingerprint density at radius 1 is 1.26 bits per heavy atom. The number of aryl methyl sites for hydroxylation is 1. The molecule has 2 aliphatic rings. The van der Waals surface area contributed by atoms with Crippen molar-refractivity contribution in [2.24, 2.45) is 0 Å². The summed E-state index contributed by atoms with van der Waals surface area (Å²) in [5.41, 5.74) is 1.38. The molecule has 9 heteroatoms. The van der Waals surface area contributed by atoms with Gasteiger partial charge < -0.3 is 19.5 Å². The number of hydrogen-bond donors (Lipinski definition) is 1. The van der Waals surface area contributed by atoms with Gasteiger partial charge in [-0.2, -0.15) is 0 Å². The highest BCUT2D eigenvalue weighted by Gasteiger charge is 2.34. The van der Waals surface area contributed by atoms with E-state index in [1.807, 2.05) is 0 Å². The average molecular weight is 470 g/mol. The highest BCUT2D eigenvalue weighted by atomic mass is 19.1. The summed E-state index contributed by atoms with van der Waals surface area (Å²) in [6, 6.07) is 8.20. The molecule has 34 heavy (non-hydrogen) atoms. The number of hydrogen-bond acceptors (Lipinski definition) is 6. The van der Waals surface area contributed by atoms with E-state index >= 15 is 0 Å². The van der Waals surface area contributed by atoms with Gasteiger partial charge in [-0.25, -0.2) is 4.39 Å². The molecule has 0 spiro atoms. The molecule has 1 N–H and O–H groups in total. The molecular weight excluding hydrogens is 443 g/mol. The molecular formula is C25H27FN2O6. The summed E-state index contributed by atoms with van der Waals surface area (Å²) in [5.74, 6) is -1.31. The predicted molar refractivity (Wildman–Crippen MR) is 122 cm³/mol. The quantitative estimate of drug-likeness (QED) is 0.597. The van der Waals surface area contributed by atoms with Gasteiger partial charge in [-0.1, -0.05) is 6.07 Å². The molecule has 0 unspecified atom stereocenters. The summed E-state index contributed by atoms with van der Waals surface area (Å²) >= 11 is 0. The van der Waals surface area contributed by atoms with Crippen molar-refractivity contribution < 1.29 is 33.0 Å². The number of Topliss-reactive ketones (excluding diaryl/α,β-unsaturated/α-hetero) is 1. The number of anilines is 1. The number of ketones is 1. The lowest BCUT2D eigenvalue weighted by molar-refractivity contribution is -0.127. The largest absolute Gasteiger partial charge is 0.482 e. The number of fused-ring (bicyclic) bond motifs is 1. The Hall–Kier alpha value is -3.46. The molecule has 180 valence electrons. The Morgan fingerprint density at radius 2 is 2.09 bits per heavy atom. The van der Waals surface area contributed by atoms with E-state index < -0.39 is 23.5 Å². The Kier molecular flexibility index (Phi) is 7.12. The van der Waals surface area contributed by atoms with Gasteiger partial charge in [0.1, 0.15) is 11.8 Å². The lowest BCUT2D eigenvalue weighted by Gasteiger charge is -2.33. The van der Waals surface area contributed by atoms with Gasteiger partial charge in [-0.05, 0) is 62.6 Å². The number of halogens is 1. The van der Waals surface area contributed by atoms with E-state index in [0.29, 0.717) is 24.6 Å². The van der Waals surface area contributed by atoms with Gasteiger partial charge in [0.05, 0.1) is 11.8 Å². The highest BCUT2D eigenvalue weighted by Crippen LogP contribution is 2.34. The van der Waals surface area contributed by atoms with Gasteiger partial charge in [0.15, 0.2) is 30.6 Å². The van der Waals surface area contributed by atoms with E-state index in [9.17, 15) is 18.8 Å². The Bertz CT molecular complexity index is 1100. The van der Waals surface area contributed by atoms with Crippen LogP contribution in [0.1, 0.15) is 35.7 Å². The van der Waals surface area contributed by atoms with Gasteiger partial charge >= 0.3 is 0 Å². The number of ether oxygens (including phenoxy) is 3. The van der Waals surface area contributed by atoms with E-state index in [1.54, 1.807) is 32.0 Å². The minimum absolute atomic E-state index is 0.0111. The maximum atomic E-state index is 13.9. The monoisotopic (exact) mass is 470 g/mol. The smallest absolute Gasteiger partial charge is 0.265 e. The van der Waals surface area contributed by atoms with Crippen molar-refractivity contribution >= 4 is 23.3 Å². The zero-order chi connectivity index (χ0) is 24.2. The molecule has 8 nitrogen and oxygen atoms in total. The Morgan fingerprint density at radius 3 is 2.85 bits per heavy atom. The van der Waals surface area contributed by atoms with Gasteiger partial charge in [-0.3, -0.25) is 19.3 Å². The second-order valence-corrected chi connectivity index (χ2v) is 8.44. The van der Waals surface area contributed by atoms with Crippen LogP contribution >= 0.6 is 0 Å². The summed E-state index contributed by atoms with van der Waals surface area (Å²) in [7, 11) is 0. The second-order valence-electron chi connectivity index (χ2n) is 8.44. The van der Waals surface area contributed by atoms with E-state index in [2.05, 4.69) is 5.32 Å². The first kappa shape index (κ1) is 23.7. The third kappa shape index (κ3) is 5.20. The molecule has 0 bridgehead atoms. The zero-order valence-electron chi connectivity index (χ0n) is 19.1. The van der Waals surface area contributed by atoms with Crippen molar-refractivity contribution in [2.75, 3.05) is 31.3 Å². The third-order valence-electron chi connectivity index (χ3n) is 5.90. The molecule has 0 aliphatic carbocycles. The van der Waals surface area contributed by atoms with Crippen molar-refractivity contribution in [1.82, 2.24) is 5.32 Å². The van der Waals surface area contributed by atoms with Crippen LogP contribution in [0.25, 0.3) is 0 Å². The number of carbonyl (C=O) groups excluding carboxylic acids is 3. The standard InChI is InChI=1S/C25H27FN2O6/c1-15-5-7-19(26)23(10-15)33-13-21(29)17-6-8-22-20(11-17)28(24(30)14-34-22)16(2)25(31)27-12-18-4-3-9-32-18/h5-8,10-11,16,18H,3-4,9,12-14H2,1-2H3,(H,27,31)/t16-,18-/m0/s1. The molecule has 2 heterocycles. The van der Waals surface area contributed by atoms with Crippen molar-refractivity contribution in [3.63, 3.8) is 0 Å². The zero-order valence-corrected chi connectivity index (χ0v) is 19.1. The van der Waals surface area contributed by atoms with Crippen LogP contribution in [0.2, 0.25) is 0 Å². The summed E-state index contributed by atoms with van der Waals surface area (Å²) in [5, 5.41) is 2.84. The van der Waals surface area contributed by atoms with Gasteiger partial charge in [0.25, 0.3) is 5.91 Å². The van der Waals surface area contributed by atoms with E-state index in [1.165, 1.54) is 23.1 Å². The fourth-order valence-electron chi connectivity index (χ4n) is 4.00. The summed E-state index contributed by atoms with van der Waals surface area (Å²) in [4.78, 5) is 39.5.